The molecule has 1 N–H and O–H groups in total. The second-order valence-corrected chi connectivity index (χ2v) is 10.2. The zero-order valence-corrected chi connectivity index (χ0v) is 19.1. The van der Waals surface area contributed by atoms with Gasteiger partial charge in [0.2, 0.25) is 10.0 Å². The number of sulfonamides is 1. The molecule has 0 atom stereocenters. The number of aromatic nitrogens is 2. The van der Waals surface area contributed by atoms with E-state index in [4.69, 9.17) is 4.74 Å². The van der Waals surface area contributed by atoms with Gasteiger partial charge in [0.15, 0.2) is 0 Å². The molecule has 0 saturated heterocycles. The molecule has 7 nitrogen and oxygen atoms in total. The lowest BCUT2D eigenvalue weighted by Gasteiger charge is -2.24. The van der Waals surface area contributed by atoms with Crippen LogP contribution >= 0.6 is 0 Å². The van der Waals surface area contributed by atoms with Crippen LogP contribution < -0.4 is 5.56 Å². The summed E-state index contributed by atoms with van der Waals surface area (Å²) in [7, 11) is -2.27. The first-order chi connectivity index (χ1) is 15.5. The molecule has 1 aliphatic carbocycles. The number of aromatic amines is 1. The van der Waals surface area contributed by atoms with Crippen LogP contribution in [0.3, 0.4) is 0 Å². The minimum atomic E-state index is -3.79. The number of benzene rings is 2. The molecule has 1 aliphatic rings. The maximum atomic E-state index is 13.4. The van der Waals surface area contributed by atoms with Crippen molar-refractivity contribution in [3.8, 4) is 0 Å². The van der Waals surface area contributed by atoms with E-state index in [2.05, 4.69) is 9.97 Å². The summed E-state index contributed by atoms with van der Waals surface area (Å²) in [6.07, 6.45) is 6.06. The summed E-state index contributed by atoms with van der Waals surface area (Å²) < 4.78 is 33.3. The largest absolute Gasteiger partial charge is 0.383 e. The fraction of sp³-hybridized carbons (Fsp3) is 0.417. The first kappa shape index (κ1) is 22.6. The number of hydrogen-bond donors (Lipinski definition) is 1. The third-order valence-corrected chi connectivity index (χ3v) is 7.99. The van der Waals surface area contributed by atoms with Crippen molar-refractivity contribution in [3.63, 3.8) is 0 Å². The van der Waals surface area contributed by atoms with Gasteiger partial charge in [-0.25, -0.2) is 13.4 Å². The van der Waals surface area contributed by atoms with Gasteiger partial charge >= 0.3 is 0 Å². The Kier molecular flexibility index (Phi) is 7.03. The van der Waals surface area contributed by atoms with Crippen molar-refractivity contribution in [3.05, 3.63) is 70.3 Å². The van der Waals surface area contributed by atoms with E-state index in [0.29, 0.717) is 22.6 Å². The molecule has 0 unspecified atom stereocenters. The summed E-state index contributed by atoms with van der Waals surface area (Å²) in [4.78, 5) is 19.8. The third kappa shape index (κ3) is 4.92. The average molecular weight is 456 g/mol. The Bertz CT molecular complexity index is 1220. The van der Waals surface area contributed by atoms with Gasteiger partial charge in [-0.2, -0.15) is 4.31 Å². The van der Waals surface area contributed by atoms with E-state index in [0.717, 1.165) is 12.8 Å². The monoisotopic (exact) mass is 455 g/mol. The molecule has 0 amide bonds. The quantitative estimate of drug-likeness (QED) is 0.558. The summed E-state index contributed by atoms with van der Waals surface area (Å²) in [5.41, 5.74) is 1.45. The number of hydrogen-bond acceptors (Lipinski definition) is 5. The molecule has 8 heteroatoms. The van der Waals surface area contributed by atoms with Gasteiger partial charge in [0, 0.05) is 13.7 Å². The fourth-order valence-electron chi connectivity index (χ4n) is 4.35. The predicted octanol–water partition coefficient (Wildman–Crippen LogP) is 3.81. The molecule has 4 rings (SSSR count). The Hall–Kier alpha value is -2.55. The van der Waals surface area contributed by atoms with Crippen LogP contribution in [-0.4, -0.2) is 43.0 Å². The Labute approximate surface area is 188 Å². The topological polar surface area (TPSA) is 92.4 Å². The van der Waals surface area contributed by atoms with Crippen molar-refractivity contribution in [2.75, 3.05) is 20.3 Å². The van der Waals surface area contributed by atoms with Gasteiger partial charge < -0.3 is 9.72 Å². The van der Waals surface area contributed by atoms with Crippen molar-refractivity contribution < 1.29 is 13.2 Å². The molecule has 170 valence electrons. The van der Waals surface area contributed by atoms with E-state index < -0.39 is 10.0 Å². The number of H-pyrrole nitrogens is 1. The SMILES string of the molecule is COCCN(Cc1nc2ccccc2c(=O)[nH]1)S(=O)(=O)c1ccc(C2CCCCC2)cc1. The molecule has 1 heterocycles. The number of methoxy groups -OCH3 is 1. The van der Waals surface area contributed by atoms with Crippen LogP contribution in [-0.2, 0) is 21.3 Å². The van der Waals surface area contributed by atoms with Crippen LogP contribution in [0.2, 0.25) is 0 Å². The minimum absolute atomic E-state index is 0.0455. The van der Waals surface area contributed by atoms with Crippen molar-refractivity contribution in [2.24, 2.45) is 0 Å². The second kappa shape index (κ2) is 9.94. The van der Waals surface area contributed by atoms with E-state index in [1.807, 2.05) is 12.1 Å². The van der Waals surface area contributed by atoms with Crippen LogP contribution in [0.1, 0.15) is 49.4 Å². The zero-order valence-electron chi connectivity index (χ0n) is 18.3. The van der Waals surface area contributed by atoms with Crippen LogP contribution in [0, 0.1) is 0 Å². The molecule has 0 bridgehead atoms. The molecule has 1 fully saturated rings. The molecule has 0 spiro atoms. The van der Waals surface area contributed by atoms with Crippen molar-refractivity contribution in [1.29, 1.82) is 0 Å². The number of para-hydroxylation sites is 1. The molecule has 3 aromatic rings. The minimum Gasteiger partial charge on any atom is -0.383 e. The zero-order chi connectivity index (χ0) is 22.6. The first-order valence-corrected chi connectivity index (χ1v) is 12.5. The van der Waals surface area contributed by atoms with Gasteiger partial charge in [0.05, 0.1) is 29.0 Å². The molecule has 32 heavy (non-hydrogen) atoms. The second-order valence-electron chi connectivity index (χ2n) is 8.27. The van der Waals surface area contributed by atoms with Crippen LogP contribution in [0.15, 0.2) is 58.2 Å². The molecule has 2 aromatic carbocycles. The number of ether oxygens (including phenoxy) is 1. The Morgan fingerprint density at radius 3 is 2.50 bits per heavy atom. The molecule has 0 aliphatic heterocycles. The molecule has 0 radical (unpaired) electrons. The van der Waals surface area contributed by atoms with E-state index in [1.54, 1.807) is 36.4 Å². The van der Waals surface area contributed by atoms with E-state index >= 15 is 0 Å². The standard InChI is InChI=1S/C24H29N3O4S/c1-31-16-15-27(17-23-25-22-10-6-5-9-21(22)24(28)26-23)32(29,30)20-13-11-19(12-14-20)18-7-3-2-4-8-18/h5-6,9-14,18H,2-4,7-8,15-17H2,1H3,(H,25,26,28). The summed E-state index contributed by atoms with van der Waals surface area (Å²) in [5, 5.41) is 0.473. The highest BCUT2D eigenvalue weighted by Crippen LogP contribution is 2.33. The van der Waals surface area contributed by atoms with E-state index in [1.165, 1.54) is 36.2 Å². The lowest BCUT2D eigenvalue weighted by molar-refractivity contribution is 0.176. The van der Waals surface area contributed by atoms with Gasteiger partial charge in [-0.1, -0.05) is 43.5 Å². The molecule has 1 aromatic heterocycles. The maximum Gasteiger partial charge on any atom is 0.258 e. The van der Waals surface area contributed by atoms with E-state index in [9.17, 15) is 13.2 Å². The van der Waals surface area contributed by atoms with Gasteiger partial charge in [-0.05, 0) is 48.6 Å². The highest BCUT2D eigenvalue weighted by Gasteiger charge is 2.26. The van der Waals surface area contributed by atoms with Crippen LogP contribution in [0.5, 0.6) is 0 Å². The number of nitrogens with one attached hydrogen (secondary N) is 1. The van der Waals surface area contributed by atoms with Gasteiger partial charge in [0.1, 0.15) is 5.82 Å². The summed E-state index contributed by atoms with van der Waals surface area (Å²) in [6, 6.07) is 14.3. The number of nitrogens with zero attached hydrogens (tertiary/aromatic N) is 2. The number of fused-ring (bicyclic) bond motifs is 1. The van der Waals surface area contributed by atoms with Crippen molar-refractivity contribution in [2.45, 2.75) is 49.5 Å². The summed E-state index contributed by atoms with van der Waals surface area (Å²) in [5.74, 6) is 0.809. The van der Waals surface area contributed by atoms with Crippen molar-refractivity contribution in [1.82, 2.24) is 14.3 Å². The smallest absolute Gasteiger partial charge is 0.258 e. The lowest BCUT2D eigenvalue weighted by Crippen LogP contribution is -2.34. The predicted molar refractivity (Wildman–Crippen MR) is 124 cm³/mol. The third-order valence-electron chi connectivity index (χ3n) is 6.13. The molecule has 1 saturated carbocycles. The summed E-state index contributed by atoms with van der Waals surface area (Å²) >= 11 is 0. The highest BCUT2D eigenvalue weighted by atomic mass is 32.2. The van der Waals surface area contributed by atoms with Gasteiger partial charge in [0.25, 0.3) is 5.56 Å². The van der Waals surface area contributed by atoms with E-state index in [-0.39, 0.29) is 30.2 Å². The normalized spacial score (nSPS) is 15.4. The Morgan fingerprint density at radius 2 is 1.78 bits per heavy atom. The summed E-state index contributed by atoms with van der Waals surface area (Å²) in [6.45, 7) is 0.340. The fourth-order valence-corrected chi connectivity index (χ4v) is 5.74. The molecular weight excluding hydrogens is 426 g/mol. The van der Waals surface area contributed by atoms with Crippen LogP contribution in [0.25, 0.3) is 10.9 Å². The van der Waals surface area contributed by atoms with Gasteiger partial charge in [-0.15, -0.1) is 0 Å². The Balaban J connectivity index is 1.61. The van der Waals surface area contributed by atoms with Crippen molar-refractivity contribution >= 4 is 20.9 Å². The molecular formula is C24H29N3O4S. The first-order valence-electron chi connectivity index (χ1n) is 11.1. The average Bonchev–Trinajstić information content (AvgIpc) is 2.82. The van der Waals surface area contributed by atoms with Gasteiger partial charge in [-0.3, -0.25) is 4.79 Å². The van der Waals surface area contributed by atoms with Crippen LogP contribution in [0.4, 0.5) is 0 Å². The highest BCUT2D eigenvalue weighted by molar-refractivity contribution is 7.89. The maximum absolute atomic E-state index is 13.4. The lowest BCUT2D eigenvalue weighted by atomic mass is 9.84. The Morgan fingerprint density at radius 1 is 1.06 bits per heavy atom. The number of rotatable bonds is 8.